The number of hydrogen-bond donors (Lipinski definition) is 4. The molecule has 1 aliphatic rings. The quantitative estimate of drug-likeness (QED) is 0.581. The molecule has 1 aliphatic heterocycles. The average molecular weight is 408 g/mol. The van der Waals surface area contributed by atoms with Crippen LogP contribution in [0.25, 0.3) is 0 Å². The molecule has 2 aromatic rings. The summed E-state index contributed by atoms with van der Waals surface area (Å²) < 4.78 is 42.6. The number of hydrogen-bond acceptors (Lipinski definition) is 5. The molecule has 1 heterocycles. The molecule has 29 heavy (non-hydrogen) atoms. The number of hydrazine groups is 1. The Labute approximate surface area is 162 Å². The highest BCUT2D eigenvalue weighted by molar-refractivity contribution is 6.01. The van der Waals surface area contributed by atoms with E-state index in [1.807, 2.05) is 0 Å². The lowest BCUT2D eigenvalue weighted by Gasteiger charge is -2.14. The largest absolute Gasteiger partial charge is 0.447 e. The van der Waals surface area contributed by atoms with Crippen molar-refractivity contribution in [1.82, 2.24) is 16.2 Å². The molecule has 1 saturated heterocycles. The summed E-state index contributed by atoms with van der Waals surface area (Å²) in [4.78, 5) is 35.2. The predicted octanol–water partition coefficient (Wildman–Crippen LogP) is 2.32. The topological polar surface area (TPSA) is 109 Å². The van der Waals surface area contributed by atoms with Gasteiger partial charge in [-0.05, 0) is 36.4 Å². The molecular formula is C18H15F3N4O4. The van der Waals surface area contributed by atoms with Crippen LogP contribution in [0.2, 0.25) is 0 Å². The van der Waals surface area contributed by atoms with Crippen LogP contribution in [0.5, 0.6) is 0 Å². The Balaban J connectivity index is 1.66. The summed E-state index contributed by atoms with van der Waals surface area (Å²) in [6.45, 7) is -0.160. The highest BCUT2D eigenvalue weighted by atomic mass is 19.4. The molecule has 0 unspecified atom stereocenters. The molecule has 8 nitrogen and oxygen atoms in total. The second-order valence-electron chi connectivity index (χ2n) is 5.98. The van der Waals surface area contributed by atoms with Gasteiger partial charge in [0.1, 0.15) is 12.6 Å². The summed E-state index contributed by atoms with van der Waals surface area (Å²) in [6.07, 6.45) is -5.18. The molecule has 152 valence electrons. The number of rotatable bonds is 4. The summed E-state index contributed by atoms with van der Waals surface area (Å²) in [5.41, 5.74) is 4.39. The molecule has 1 atom stereocenters. The smallest absolute Gasteiger partial charge is 0.416 e. The normalized spacial score (nSPS) is 15.8. The van der Waals surface area contributed by atoms with E-state index in [2.05, 4.69) is 26.2 Å². The number of ether oxygens (including phenoxy) is 1. The number of alkyl halides is 3. The Bertz CT molecular complexity index is 931. The minimum atomic E-state index is -4.45. The van der Waals surface area contributed by atoms with Gasteiger partial charge in [0.2, 0.25) is 0 Å². The number of anilines is 2. The number of carbonyl (C=O) groups excluding carboxylic acids is 3. The molecule has 4 N–H and O–H groups in total. The summed E-state index contributed by atoms with van der Waals surface area (Å²) >= 11 is 0. The van der Waals surface area contributed by atoms with Gasteiger partial charge in [-0.3, -0.25) is 20.4 Å². The second-order valence-corrected chi connectivity index (χ2v) is 5.98. The van der Waals surface area contributed by atoms with Crippen LogP contribution >= 0.6 is 0 Å². The van der Waals surface area contributed by atoms with E-state index in [1.165, 1.54) is 18.2 Å². The maximum Gasteiger partial charge on any atom is 0.416 e. The first kappa shape index (κ1) is 20.0. The molecule has 0 bridgehead atoms. The van der Waals surface area contributed by atoms with Crippen molar-refractivity contribution in [2.24, 2.45) is 0 Å². The molecule has 1 fully saturated rings. The van der Waals surface area contributed by atoms with Gasteiger partial charge in [0.25, 0.3) is 11.8 Å². The summed E-state index contributed by atoms with van der Waals surface area (Å²) in [5, 5.41) is 5.12. The van der Waals surface area contributed by atoms with Crippen LogP contribution in [0.1, 0.15) is 15.9 Å². The van der Waals surface area contributed by atoms with Gasteiger partial charge in [0.15, 0.2) is 0 Å². The van der Waals surface area contributed by atoms with Crippen LogP contribution in [-0.4, -0.2) is 30.6 Å². The zero-order valence-corrected chi connectivity index (χ0v) is 14.7. The maximum absolute atomic E-state index is 12.7. The van der Waals surface area contributed by atoms with Crippen LogP contribution in [0.4, 0.5) is 29.3 Å². The predicted molar refractivity (Wildman–Crippen MR) is 95.0 cm³/mol. The van der Waals surface area contributed by atoms with Crippen molar-refractivity contribution in [3.63, 3.8) is 0 Å². The van der Waals surface area contributed by atoms with E-state index < -0.39 is 35.7 Å². The molecule has 0 aliphatic carbocycles. The Morgan fingerprint density at radius 1 is 1.03 bits per heavy atom. The van der Waals surface area contributed by atoms with Crippen LogP contribution in [0, 0.1) is 0 Å². The Morgan fingerprint density at radius 3 is 2.34 bits per heavy atom. The number of carbonyl (C=O) groups is 3. The fourth-order valence-electron chi connectivity index (χ4n) is 2.49. The van der Waals surface area contributed by atoms with Gasteiger partial charge in [-0.2, -0.15) is 13.2 Å². The van der Waals surface area contributed by atoms with Crippen LogP contribution in [-0.2, 0) is 15.7 Å². The van der Waals surface area contributed by atoms with Crippen molar-refractivity contribution < 1.29 is 32.3 Å². The van der Waals surface area contributed by atoms with Gasteiger partial charge >= 0.3 is 12.3 Å². The third-order valence-electron chi connectivity index (χ3n) is 3.95. The molecule has 0 aromatic heterocycles. The van der Waals surface area contributed by atoms with Crippen molar-refractivity contribution in [2.75, 3.05) is 11.9 Å². The number of para-hydroxylation sites is 1. The lowest BCUT2D eigenvalue weighted by Crippen LogP contribution is -2.50. The number of amides is 3. The monoisotopic (exact) mass is 408 g/mol. The molecule has 2 aromatic carbocycles. The van der Waals surface area contributed by atoms with E-state index in [-0.39, 0.29) is 12.2 Å². The van der Waals surface area contributed by atoms with Crippen molar-refractivity contribution in [3.8, 4) is 0 Å². The Kier molecular flexibility index (Phi) is 5.57. The van der Waals surface area contributed by atoms with Gasteiger partial charge in [0, 0.05) is 5.69 Å². The fraction of sp³-hybridized carbons (Fsp3) is 0.167. The van der Waals surface area contributed by atoms with Gasteiger partial charge < -0.3 is 15.4 Å². The van der Waals surface area contributed by atoms with E-state index >= 15 is 0 Å². The number of nitrogens with one attached hydrogen (secondary N) is 4. The van der Waals surface area contributed by atoms with Crippen molar-refractivity contribution in [1.29, 1.82) is 0 Å². The molecular weight excluding hydrogens is 393 g/mol. The van der Waals surface area contributed by atoms with Crippen LogP contribution < -0.4 is 21.5 Å². The van der Waals surface area contributed by atoms with Crippen LogP contribution in [0.15, 0.2) is 48.5 Å². The lowest BCUT2D eigenvalue weighted by atomic mass is 10.1. The van der Waals surface area contributed by atoms with Gasteiger partial charge in [-0.25, -0.2) is 4.79 Å². The number of benzene rings is 2. The highest BCUT2D eigenvalue weighted by Gasteiger charge is 2.30. The van der Waals surface area contributed by atoms with Gasteiger partial charge in [-0.15, -0.1) is 0 Å². The zero-order chi connectivity index (χ0) is 21.0. The average Bonchev–Trinajstić information content (AvgIpc) is 3.12. The van der Waals surface area contributed by atoms with Crippen LogP contribution in [0.3, 0.4) is 0 Å². The number of cyclic esters (lactones) is 1. The van der Waals surface area contributed by atoms with E-state index in [4.69, 9.17) is 0 Å². The van der Waals surface area contributed by atoms with E-state index in [0.717, 1.165) is 12.1 Å². The Hall–Kier alpha value is -3.76. The molecule has 11 heteroatoms. The SMILES string of the molecule is O=C1N[C@H](C(=O)NNC(=O)c2ccccc2Nc2ccc(C(F)(F)F)cc2)CO1. The molecule has 3 amide bonds. The maximum atomic E-state index is 12.7. The first-order valence-electron chi connectivity index (χ1n) is 8.31. The van der Waals surface area contributed by atoms with E-state index in [1.54, 1.807) is 18.2 Å². The standard InChI is InChI=1S/C18H15F3N4O4/c19-18(20,21)10-5-7-11(8-6-10)22-13-4-2-1-3-12(13)15(26)24-25-16(27)14-9-29-17(28)23-14/h1-8,14,22H,9H2,(H,23,28)(H,24,26)(H,25,27)/t14-/m0/s1. The fourth-order valence-corrected chi connectivity index (χ4v) is 2.49. The minimum absolute atomic E-state index is 0.138. The van der Waals surface area contributed by atoms with Crippen molar-refractivity contribution in [3.05, 3.63) is 59.7 Å². The zero-order valence-electron chi connectivity index (χ0n) is 14.7. The first-order chi connectivity index (χ1) is 13.7. The van der Waals surface area contributed by atoms with Crippen molar-refractivity contribution in [2.45, 2.75) is 12.2 Å². The van der Waals surface area contributed by atoms with E-state index in [0.29, 0.717) is 11.4 Å². The first-order valence-corrected chi connectivity index (χ1v) is 8.31. The number of alkyl carbamates (subject to hydrolysis) is 1. The summed E-state index contributed by atoms with van der Waals surface area (Å²) in [7, 11) is 0. The third kappa shape index (κ3) is 4.94. The molecule has 3 rings (SSSR count). The molecule has 0 saturated carbocycles. The molecule has 0 radical (unpaired) electrons. The molecule has 0 spiro atoms. The lowest BCUT2D eigenvalue weighted by molar-refractivity contribution is -0.137. The minimum Gasteiger partial charge on any atom is -0.447 e. The van der Waals surface area contributed by atoms with Crippen molar-refractivity contribution >= 4 is 29.3 Å². The van der Waals surface area contributed by atoms with E-state index in [9.17, 15) is 27.6 Å². The third-order valence-corrected chi connectivity index (χ3v) is 3.95. The Morgan fingerprint density at radius 2 is 1.72 bits per heavy atom. The summed E-state index contributed by atoms with van der Waals surface area (Å²) in [6, 6.07) is 9.63. The second kappa shape index (κ2) is 8.09. The summed E-state index contributed by atoms with van der Waals surface area (Å²) in [5.74, 6) is -1.34. The van der Waals surface area contributed by atoms with Gasteiger partial charge in [-0.1, -0.05) is 12.1 Å². The highest BCUT2D eigenvalue weighted by Crippen LogP contribution is 2.30. The van der Waals surface area contributed by atoms with Gasteiger partial charge in [0.05, 0.1) is 16.8 Å². The number of halogens is 3.